The molecule has 1 saturated heterocycles. The molecule has 0 radical (unpaired) electrons. The molecule has 150 valence electrons. The zero-order chi connectivity index (χ0) is 20.6. The van der Waals surface area contributed by atoms with E-state index in [1.165, 1.54) is 28.6 Å². The number of fused-ring (bicyclic) bond motifs is 1. The van der Waals surface area contributed by atoms with E-state index in [-0.39, 0.29) is 37.0 Å². The SMILES string of the molecule is O=C(c1cc2ccccc2[nH]1)N1CCN(S(=O)(=O)c2ccccc2[N+](=O)[O-])CC1. The minimum Gasteiger partial charge on any atom is -0.351 e. The van der Waals surface area contributed by atoms with Gasteiger partial charge in [-0.15, -0.1) is 0 Å². The van der Waals surface area contributed by atoms with Crippen LogP contribution in [0, 0.1) is 10.1 Å². The van der Waals surface area contributed by atoms with Crippen LogP contribution in [0.3, 0.4) is 0 Å². The molecule has 1 fully saturated rings. The summed E-state index contributed by atoms with van der Waals surface area (Å²) in [6.45, 7) is 0.544. The molecule has 0 saturated carbocycles. The van der Waals surface area contributed by atoms with Crippen LogP contribution in [0.4, 0.5) is 5.69 Å². The van der Waals surface area contributed by atoms with E-state index in [2.05, 4.69) is 4.98 Å². The smallest absolute Gasteiger partial charge is 0.289 e. The molecule has 0 atom stereocenters. The fourth-order valence-electron chi connectivity index (χ4n) is 3.46. The van der Waals surface area contributed by atoms with Crippen molar-refractivity contribution in [2.24, 2.45) is 0 Å². The summed E-state index contributed by atoms with van der Waals surface area (Å²) < 4.78 is 27.0. The van der Waals surface area contributed by atoms with Gasteiger partial charge in [0.2, 0.25) is 10.0 Å². The molecule has 9 nitrogen and oxygen atoms in total. The average Bonchev–Trinajstić information content (AvgIpc) is 3.17. The number of aromatic nitrogens is 1. The van der Waals surface area contributed by atoms with Crippen LogP contribution in [0.1, 0.15) is 10.5 Å². The molecule has 2 aromatic carbocycles. The summed E-state index contributed by atoms with van der Waals surface area (Å²) in [6.07, 6.45) is 0. The molecular formula is C19H18N4O5S. The Balaban J connectivity index is 1.50. The second-order valence-corrected chi connectivity index (χ2v) is 8.60. The Morgan fingerprint density at radius 3 is 2.34 bits per heavy atom. The molecule has 4 rings (SSSR count). The Kier molecular flexibility index (Phi) is 4.81. The third kappa shape index (κ3) is 3.47. The number of nitrogens with one attached hydrogen (secondary N) is 1. The maximum absolute atomic E-state index is 12.9. The Morgan fingerprint density at radius 2 is 1.66 bits per heavy atom. The number of amides is 1. The highest BCUT2D eigenvalue weighted by atomic mass is 32.2. The van der Waals surface area contributed by atoms with Crippen molar-refractivity contribution < 1.29 is 18.1 Å². The maximum atomic E-state index is 12.9. The zero-order valence-electron chi connectivity index (χ0n) is 15.3. The first kappa shape index (κ1) is 19.1. The standard InChI is InChI=1S/C19H18N4O5S/c24-19(16-13-14-5-1-2-6-15(14)20-16)21-9-11-22(12-10-21)29(27,28)18-8-4-3-7-17(18)23(25)26/h1-8,13,20H,9-12H2. The van der Waals surface area contributed by atoms with Crippen molar-refractivity contribution in [1.29, 1.82) is 0 Å². The number of carbonyl (C=O) groups is 1. The molecule has 10 heteroatoms. The summed E-state index contributed by atoms with van der Waals surface area (Å²) in [7, 11) is -4.03. The fraction of sp³-hybridized carbons (Fsp3) is 0.211. The highest BCUT2D eigenvalue weighted by molar-refractivity contribution is 7.89. The van der Waals surface area contributed by atoms with Crippen LogP contribution in [0.2, 0.25) is 0 Å². The van der Waals surface area contributed by atoms with Gasteiger partial charge < -0.3 is 9.88 Å². The van der Waals surface area contributed by atoms with Gasteiger partial charge in [-0.1, -0.05) is 30.3 Å². The molecule has 0 bridgehead atoms. The van der Waals surface area contributed by atoms with Crippen LogP contribution in [-0.2, 0) is 10.0 Å². The molecule has 0 aliphatic carbocycles. The van der Waals surface area contributed by atoms with Crippen LogP contribution >= 0.6 is 0 Å². The lowest BCUT2D eigenvalue weighted by Gasteiger charge is -2.33. The maximum Gasteiger partial charge on any atom is 0.289 e. The van der Waals surface area contributed by atoms with Crippen LogP contribution in [0.15, 0.2) is 59.5 Å². The van der Waals surface area contributed by atoms with Crippen LogP contribution < -0.4 is 0 Å². The Hall–Kier alpha value is -3.24. The molecule has 1 aromatic heterocycles. The number of nitrogens with zero attached hydrogens (tertiary/aromatic N) is 3. The highest BCUT2D eigenvalue weighted by Gasteiger charge is 2.34. The van der Waals surface area contributed by atoms with E-state index in [1.807, 2.05) is 24.3 Å². The van der Waals surface area contributed by atoms with Crippen molar-refractivity contribution in [3.63, 3.8) is 0 Å². The van der Waals surface area contributed by atoms with Crippen molar-refractivity contribution in [3.05, 3.63) is 70.4 Å². The van der Waals surface area contributed by atoms with Gasteiger partial charge in [0, 0.05) is 43.1 Å². The van der Waals surface area contributed by atoms with E-state index >= 15 is 0 Å². The summed E-state index contributed by atoms with van der Waals surface area (Å²) in [5.74, 6) is -0.205. The summed E-state index contributed by atoms with van der Waals surface area (Å²) in [5.41, 5.74) is 0.846. The normalized spacial score (nSPS) is 15.5. The van der Waals surface area contributed by atoms with Crippen LogP contribution in [-0.4, -0.2) is 59.6 Å². The number of piperazine rings is 1. The van der Waals surface area contributed by atoms with E-state index in [4.69, 9.17) is 0 Å². The number of rotatable bonds is 4. The minimum absolute atomic E-state index is 0.0698. The topological polar surface area (TPSA) is 117 Å². The summed E-state index contributed by atoms with van der Waals surface area (Å²) in [6, 6.07) is 14.6. The lowest BCUT2D eigenvalue weighted by molar-refractivity contribution is -0.387. The molecule has 1 aliphatic rings. The average molecular weight is 414 g/mol. The molecule has 0 unspecified atom stereocenters. The van der Waals surface area contributed by atoms with Crippen molar-refractivity contribution >= 4 is 32.5 Å². The Morgan fingerprint density at radius 1 is 1.00 bits per heavy atom. The predicted molar refractivity (Wildman–Crippen MR) is 106 cm³/mol. The molecule has 29 heavy (non-hydrogen) atoms. The number of benzene rings is 2. The molecule has 1 N–H and O–H groups in total. The van der Waals surface area contributed by atoms with E-state index < -0.39 is 20.6 Å². The fourth-order valence-corrected chi connectivity index (χ4v) is 5.04. The quantitative estimate of drug-likeness (QED) is 0.519. The highest BCUT2D eigenvalue weighted by Crippen LogP contribution is 2.27. The number of H-pyrrole nitrogens is 1. The second kappa shape index (κ2) is 7.30. The minimum atomic E-state index is -4.03. The monoisotopic (exact) mass is 414 g/mol. The molecule has 1 amide bonds. The zero-order valence-corrected chi connectivity index (χ0v) is 16.1. The molecule has 3 aromatic rings. The van der Waals surface area contributed by atoms with Crippen molar-refractivity contribution in [1.82, 2.24) is 14.2 Å². The lowest BCUT2D eigenvalue weighted by atomic mass is 10.2. The Bertz CT molecular complexity index is 1160. The van der Waals surface area contributed by atoms with Gasteiger partial charge in [-0.2, -0.15) is 4.31 Å². The molecular weight excluding hydrogens is 396 g/mol. The third-order valence-electron chi connectivity index (χ3n) is 4.97. The van der Waals surface area contributed by atoms with Crippen molar-refractivity contribution in [2.75, 3.05) is 26.2 Å². The van der Waals surface area contributed by atoms with E-state index in [9.17, 15) is 23.3 Å². The third-order valence-corrected chi connectivity index (χ3v) is 6.91. The first-order chi connectivity index (χ1) is 13.9. The van der Waals surface area contributed by atoms with E-state index in [1.54, 1.807) is 11.0 Å². The summed E-state index contributed by atoms with van der Waals surface area (Å²) in [5, 5.41) is 12.1. The van der Waals surface area contributed by atoms with Crippen molar-refractivity contribution in [2.45, 2.75) is 4.90 Å². The van der Waals surface area contributed by atoms with E-state index in [0.717, 1.165) is 10.9 Å². The number of nitro benzene ring substituents is 1. The second-order valence-electron chi connectivity index (χ2n) is 6.69. The number of hydrogen-bond donors (Lipinski definition) is 1. The van der Waals surface area contributed by atoms with Gasteiger partial charge in [0.15, 0.2) is 4.90 Å². The van der Waals surface area contributed by atoms with Crippen molar-refractivity contribution in [3.8, 4) is 0 Å². The molecule has 1 aliphatic heterocycles. The van der Waals surface area contributed by atoms with Gasteiger partial charge in [-0.25, -0.2) is 8.42 Å². The summed E-state index contributed by atoms with van der Waals surface area (Å²) >= 11 is 0. The lowest BCUT2D eigenvalue weighted by Crippen LogP contribution is -2.50. The van der Waals surface area contributed by atoms with Gasteiger partial charge in [0.25, 0.3) is 11.6 Å². The first-order valence-electron chi connectivity index (χ1n) is 8.98. The van der Waals surface area contributed by atoms with Crippen LogP contribution in [0.25, 0.3) is 10.9 Å². The number of aromatic amines is 1. The molecule has 0 spiro atoms. The number of nitro groups is 1. The van der Waals surface area contributed by atoms with E-state index in [0.29, 0.717) is 5.69 Å². The number of sulfonamides is 1. The number of para-hydroxylation sites is 2. The van der Waals surface area contributed by atoms with Gasteiger partial charge in [0.1, 0.15) is 5.69 Å². The van der Waals surface area contributed by atoms with Gasteiger partial charge >= 0.3 is 0 Å². The molecule has 2 heterocycles. The van der Waals surface area contributed by atoms with Crippen LogP contribution in [0.5, 0.6) is 0 Å². The van der Waals surface area contributed by atoms with Gasteiger partial charge in [-0.05, 0) is 18.2 Å². The first-order valence-corrected chi connectivity index (χ1v) is 10.4. The van der Waals surface area contributed by atoms with Gasteiger partial charge in [-0.3, -0.25) is 14.9 Å². The number of carbonyl (C=O) groups excluding carboxylic acids is 1. The van der Waals surface area contributed by atoms with Gasteiger partial charge in [0.05, 0.1) is 4.92 Å². The predicted octanol–water partition coefficient (Wildman–Crippen LogP) is 2.22. The Labute approximate surface area is 166 Å². The summed E-state index contributed by atoms with van der Waals surface area (Å²) in [4.78, 5) is 27.6. The number of hydrogen-bond acceptors (Lipinski definition) is 5. The largest absolute Gasteiger partial charge is 0.351 e.